The molecule has 63 heavy (non-hydrogen) atoms. The summed E-state index contributed by atoms with van der Waals surface area (Å²) in [6.07, 6.45) is 0. The van der Waals surface area contributed by atoms with Crippen molar-refractivity contribution in [1.29, 1.82) is 0 Å². The number of fused-ring (bicyclic) bond motifs is 13. The maximum Gasteiger partial charge on any atom is 0.220 e. The van der Waals surface area contributed by atoms with Gasteiger partial charge in [-0.05, 0) is 106 Å². The second-order valence-corrected chi connectivity index (χ2v) is 16.3. The molecule has 0 saturated heterocycles. The monoisotopic (exact) mass is 806 g/mol. The molecule has 0 fully saturated rings. The molecule has 0 N–H and O–H groups in total. The number of nitrogens with zero attached hydrogens (tertiary/aromatic N) is 6. The summed E-state index contributed by atoms with van der Waals surface area (Å²) in [4.78, 5) is 10.5. The van der Waals surface area contributed by atoms with Crippen LogP contribution in [0.4, 0.5) is 0 Å². The number of benzene rings is 9. The molecule has 0 spiro atoms. The largest absolute Gasteiger partial charge is 0.454 e. The van der Waals surface area contributed by atoms with Crippen LogP contribution >= 0.6 is 0 Å². The Morgan fingerprint density at radius 3 is 1.56 bits per heavy atom. The fourth-order valence-corrected chi connectivity index (χ4v) is 9.87. The average Bonchev–Trinajstić information content (AvgIpc) is 4.15. The van der Waals surface area contributed by atoms with E-state index < -0.39 is 0 Å². The Balaban J connectivity index is 0.951. The van der Waals surface area contributed by atoms with Crippen LogP contribution in [-0.2, 0) is 0 Å². The van der Waals surface area contributed by atoms with Gasteiger partial charge in [-0.3, -0.25) is 17.9 Å². The van der Waals surface area contributed by atoms with Gasteiger partial charge in [0.05, 0.1) is 49.8 Å². The minimum absolute atomic E-state index is 0.838. The van der Waals surface area contributed by atoms with E-state index in [-0.39, 0.29) is 0 Å². The van der Waals surface area contributed by atoms with Crippen molar-refractivity contribution in [2.45, 2.75) is 0 Å². The third-order valence-corrected chi connectivity index (χ3v) is 12.8. The molecule has 0 unspecified atom stereocenters. The van der Waals surface area contributed by atoms with Gasteiger partial charge in [-0.1, -0.05) is 133 Å². The van der Waals surface area contributed by atoms with Crippen molar-refractivity contribution >= 4 is 77.6 Å². The highest BCUT2D eigenvalue weighted by Crippen LogP contribution is 2.39. The summed E-state index contributed by atoms with van der Waals surface area (Å²) >= 11 is 0. The summed E-state index contributed by atoms with van der Waals surface area (Å²) in [5.41, 5.74) is 19.0. The molecule has 14 rings (SSSR count). The Bertz CT molecular complexity index is 4140. The average molecular weight is 807 g/mol. The van der Waals surface area contributed by atoms with Crippen LogP contribution in [0.3, 0.4) is 0 Å². The van der Waals surface area contributed by atoms with Gasteiger partial charge < -0.3 is 4.42 Å². The van der Waals surface area contributed by atoms with Gasteiger partial charge in [0, 0.05) is 16.5 Å². The standard InChI is InChI=1S/C56H34N6O/c1-2-12-35(13-3-1)36-24-26-37(27-25-36)38-14-10-15-41(32-38)59-48-30-28-39(33-51(48)60-46-20-7-5-18-44(46)57-55(59)60)40-29-31-49-52(34-40)61-47-21-8-6-19-45(47)58-56(61)62(49)50-22-11-17-43-42-16-4-9-23-53(42)63-54(43)50/h1-34H. The normalized spacial score (nSPS) is 12.1. The van der Waals surface area contributed by atoms with Gasteiger partial charge in [-0.2, -0.15) is 0 Å². The van der Waals surface area contributed by atoms with Gasteiger partial charge in [-0.15, -0.1) is 0 Å². The first-order valence-corrected chi connectivity index (χ1v) is 21.2. The lowest BCUT2D eigenvalue weighted by atomic mass is 10.00. The Morgan fingerprint density at radius 2 is 0.841 bits per heavy atom. The zero-order chi connectivity index (χ0) is 41.2. The van der Waals surface area contributed by atoms with Crippen molar-refractivity contribution < 1.29 is 4.42 Å². The summed E-state index contributed by atoms with van der Waals surface area (Å²) in [6.45, 7) is 0. The predicted octanol–water partition coefficient (Wildman–Crippen LogP) is 14.1. The molecule has 9 aromatic carbocycles. The fraction of sp³-hybridized carbons (Fsp3) is 0. The zero-order valence-electron chi connectivity index (χ0n) is 33.7. The number of hydrogen-bond acceptors (Lipinski definition) is 3. The lowest BCUT2D eigenvalue weighted by molar-refractivity contribution is 0.666. The molecular weight excluding hydrogens is 773 g/mol. The topological polar surface area (TPSA) is 57.6 Å². The van der Waals surface area contributed by atoms with Crippen LogP contribution in [0.15, 0.2) is 211 Å². The first-order chi connectivity index (χ1) is 31.2. The van der Waals surface area contributed by atoms with Gasteiger partial charge in [0.15, 0.2) is 5.58 Å². The molecule has 0 atom stereocenters. The Labute approximate surface area is 359 Å². The molecule has 0 aliphatic rings. The molecule has 7 nitrogen and oxygen atoms in total. The summed E-state index contributed by atoms with van der Waals surface area (Å²) in [5.74, 6) is 1.71. The van der Waals surface area contributed by atoms with Crippen LogP contribution in [0.5, 0.6) is 0 Å². The molecule has 5 heterocycles. The van der Waals surface area contributed by atoms with Crippen LogP contribution in [0.2, 0.25) is 0 Å². The van der Waals surface area contributed by atoms with Crippen molar-refractivity contribution in [3.63, 3.8) is 0 Å². The van der Waals surface area contributed by atoms with Crippen molar-refractivity contribution in [1.82, 2.24) is 27.9 Å². The predicted molar refractivity (Wildman–Crippen MR) is 256 cm³/mol. The molecule has 7 heteroatoms. The summed E-state index contributed by atoms with van der Waals surface area (Å²) < 4.78 is 15.7. The molecule has 14 aromatic rings. The van der Waals surface area contributed by atoms with E-state index >= 15 is 0 Å². The van der Waals surface area contributed by atoms with E-state index in [0.29, 0.717) is 0 Å². The highest BCUT2D eigenvalue weighted by molar-refractivity contribution is 6.08. The number of rotatable bonds is 5. The van der Waals surface area contributed by atoms with Crippen LogP contribution in [0.25, 0.3) is 122 Å². The summed E-state index contributed by atoms with van der Waals surface area (Å²) in [7, 11) is 0. The maximum absolute atomic E-state index is 6.59. The number of para-hydroxylation sites is 6. The van der Waals surface area contributed by atoms with Gasteiger partial charge in [0.2, 0.25) is 11.6 Å². The lowest BCUT2D eigenvalue weighted by Gasteiger charge is -2.10. The molecule has 5 aromatic heterocycles. The van der Waals surface area contributed by atoms with E-state index in [1.54, 1.807) is 0 Å². The highest BCUT2D eigenvalue weighted by atomic mass is 16.3. The van der Waals surface area contributed by atoms with E-state index in [0.717, 1.165) is 111 Å². The zero-order valence-corrected chi connectivity index (χ0v) is 33.7. The van der Waals surface area contributed by atoms with Crippen molar-refractivity contribution in [2.24, 2.45) is 0 Å². The van der Waals surface area contributed by atoms with Crippen molar-refractivity contribution in [3.8, 4) is 44.8 Å². The van der Waals surface area contributed by atoms with E-state index in [9.17, 15) is 0 Å². The molecule has 0 saturated carbocycles. The third kappa shape index (κ3) is 4.96. The van der Waals surface area contributed by atoms with Crippen LogP contribution < -0.4 is 0 Å². The van der Waals surface area contributed by atoms with Crippen LogP contribution in [0, 0.1) is 0 Å². The minimum Gasteiger partial charge on any atom is -0.454 e. The molecule has 0 aliphatic heterocycles. The Kier molecular flexibility index (Phi) is 6.98. The van der Waals surface area contributed by atoms with E-state index in [2.05, 4.69) is 206 Å². The second-order valence-electron chi connectivity index (χ2n) is 16.3. The highest BCUT2D eigenvalue weighted by Gasteiger charge is 2.23. The number of aromatic nitrogens is 6. The number of hydrogen-bond donors (Lipinski definition) is 0. The quantitative estimate of drug-likeness (QED) is 0.174. The molecule has 0 bridgehead atoms. The smallest absolute Gasteiger partial charge is 0.220 e. The fourth-order valence-electron chi connectivity index (χ4n) is 9.87. The summed E-state index contributed by atoms with van der Waals surface area (Å²) in [5, 5.41) is 2.18. The summed E-state index contributed by atoms with van der Waals surface area (Å²) in [6, 6.07) is 73.1. The molecule has 0 radical (unpaired) electrons. The molecule has 0 aliphatic carbocycles. The van der Waals surface area contributed by atoms with E-state index in [4.69, 9.17) is 14.4 Å². The van der Waals surface area contributed by atoms with Gasteiger partial charge in [-0.25, -0.2) is 9.97 Å². The maximum atomic E-state index is 6.59. The van der Waals surface area contributed by atoms with Crippen molar-refractivity contribution in [2.75, 3.05) is 0 Å². The first kappa shape index (κ1) is 34.1. The van der Waals surface area contributed by atoms with E-state index in [1.165, 1.54) is 11.1 Å². The second kappa shape index (κ2) is 12.9. The number of imidazole rings is 4. The third-order valence-electron chi connectivity index (χ3n) is 12.8. The molecule has 294 valence electrons. The lowest BCUT2D eigenvalue weighted by Crippen LogP contribution is -1.96. The van der Waals surface area contributed by atoms with Gasteiger partial charge in [0.1, 0.15) is 5.58 Å². The Hall–Kier alpha value is -8.68. The van der Waals surface area contributed by atoms with E-state index in [1.807, 2.05) is 18.2 Å². The van der Waals surface area contributed by atoms with Crippen LogP contribution in [0.1, 0.15) is 0 Å². The molecular formula is C56H34N6O. The van der Waals surface area contributed by atoms with Crippen molar-refractivity contribution in [3.05, 3.63) is 206 Å². The Morgan fingerprint density at radius 1 is 0.333 bits per heavy atom. The minimum atomic E-state index is 0.838. The molecule has 0 amide bonds. The van der Waals surface area contributed by atoms with Crippen LogP contribution in [-0.4, -0.2) is 27.9 Å². The number of furan rings is 1. The SMILES string of the molecule is c1ccc(-c2ccc(-c3cccc(-n4c5ccc(-c6ccc7c(c6)n6c8ccccc8nc6n7-c6cccc7c6oc6ccccc67)cc5n5c6ccccc6nc45)c3)cc2)cc1. The van der Waals surface area contributed by atoms with Gasteiger partial charge in [0.25, 0.3) is 0 Å². The first-order valence-electron chi connectivity index (χ1n) is 21.2. The van der Waals surface area contributed by atoms with Gasteiger partial charge >= 0.3 is 0 Å².